The van der Waals surface area contributed by atoms with Crippen LogP contribution in [-0.4, -0.2) is 47.4 Å². The molecule has 3 aromatic rings. The number of carbonyl (C=O) groups excluding carboxylic acids is 8. The van der Waals surface area contributed by atoms with E-state index in [0.29, 0.717) is 63.1 Å². The van der Waals surface area contributed by atoms with Gasteiger partial charge in [-0.2, -0.15) is 0 Å². The smallest absolute Gasteiger partial charge is 0.319 e. The van der Waals surface area contributed by atoms with Crippen LogP contribution in [0.1, 0.15) is 88.5 Å². The summed E-state index contributed by atoms with van der Waals surface area (Å²) in [6.07, 6.45) is 0.856. The third kappa shape index (κ3) is 15.7. The van der Waals surface area contributed by atoms with Crippen molar-refractivity contribution in [3.63, 3.8) is 0 Å². The quantitative estimate of drug-likeness (QED) is 0.0639. The Balaban J connectivity index is 0.000000305. The highest BCUT2D eigenvalue weighted by Gasteiger charge is 2.31. The van der Waals surface area contributed by atoms with Crippen LogP contribution in [-0.2, 0) is 24.0 Å². The Kier molecular flexibility index (Phi) is 20.9. The third-order valence-corrected chi connectivity index (χ3v) is 12.0. The van der Waals surface area contributed by atoms with Gasteiger partial charge in [0.2, 0.25) is 5.91 Å². The predicted octanol–water partition coefficient (Wildman–Crippen LogP) is 9.56. The number of anilines is 3. The maximum Gasteiger partial charge on any atom is 0.319 e. The average molecular weight is 1230 g/mol. The first-order chi connectivity index (χ1) is 28.3. The minimum Gasteiger partial charge on any atom is -0.397 e. The molecule has 326 valence electrons. The number of nitrogens with two attached hydrogens (primary N) is 2. The van der Waals surface area contributed by atoms with Crippen molar-refractivity contribution in [2.45, 2.75) is 67.0 Å². The number of ketones is 4. The zero-order chi connectivity index (χ0) is 46.6. The van der Waals surface area contributed by atoms with Crippen molar-refractivity contribution >= 4 is 160 Å². The third-order valence-electron chi connectivity index (χ3n) is 8.17. The number of halogens is 6. The summed E-state index contributed by atoms with van der Waals surface area (Å²) < 4.78 is 4.16. The fraction of sp³-hybridized carbons (Fsp3) is 0.250. The summed E-state index contributed by atoms with van der Waals surface area (Å²) in [6, 6.07) is 8.73. The zero-order valence-corrected chi connectivity index (χ0v) is 43.1. The molecule has 0 aromatic heterocycles. The van der Waals surface area contributed by atoms with Crippen molar-refractivity contribution < 1.29 is 38.4 Å². The lowest BCUT2D eigenvalue weighted by molar-refractivity contribution is -0.125. The largest absolute Gasteiger partial charge is 0.397 e. The Bertz CT molecular complexity index is 2290. The number of allylic oxidation sites excluding steroid dienone is 2. The summed E-state index contributed by atoms with van der Waals surface area (Å²) in [5, 5.41) is 13.4. The lowest BCUT2D eigenvalue weighted by atomic mass is 9.93. The van der Waals surface area contributed by atoms with E-state index in [1.165, 1.54) is 34.6 Å². The van der Waals surface area contributed by atoms with Crippen LogP contribution in [0.15, 0.2) is 85.8 Å². The number of hydrogen-bond donors (Lipinski definition) is 7. The van der Waals surface area contributed by atoms with Crippen LogP contribution in [0.4, 0.5) is 26.7 Å². The normalized spacial score (nSPS) is 15.4. The molecular formula is C40H41Br6N7O8. The molecule has 3 aromatic carbocycles. The number of urea groups is 2. The van der Waals surface area contributed by atoms with E-state index in [0.717, 1.165) is 26.4 Å². The maximum absolute atomic E-state index is 12.0. The van der Waals surface area contributed by atoms with Crippen molar-refractivity contribution in [1.29, 1.82) is 0 Å². The van der Waals surface area contributed by atoms with Crippen molar-refractivity contribution in [2.24, 2.45) is 0 Å². The minimum absolute atomic E-state index is 0.0625. The second-order valence-corrected chi connectivity index (χ2v) is 18.4. The van der Waals surface area contributed by atoms with Gasteiger partial charge in [0.25, 0.3) is 0 Å². The SMILES string of the molecule is CC(=O)C1=C(C)NC(=O)NC1c1cc(Br)c(N)c(Br)c1.CC(=O)CC(C)=O.CC(=O)Nc1c(Br)cc(C2NC(=O)NC(C)=C2C(C)=O)cc1Br.Nc1c(Br)cc(C=O)cc1Br. The molecule has 9 N–H and O–H groups in total. The van der Waals surface area contributed by atoms with Gasteiger partial charge in [0.15, 0.2) is 11.6 Å². The lowest BCUT2D eigenvalue weighted by Crippen LogP contribution is -2.44. The van der Waals surface area contributed by atoms with Crippen LogP contribution in [0.25, 0.3) is 0 Å². The highest BCUT2D eigenvalue weighted by molar-refractivity contribution is 9.12. The topological polar surface area (TPSA) is 249 Å². The fourth-order valence-electron chi connectivity index (χ4n) is 5.67. The summed E-state index contributed by atoms with van der Waals surface area (Å²) in [6.45, 7) is 10.6. The number of benzene rings is 3. The number of rotatable bonds is 8. The summed E-state index contributed by atoms with van der Waals surface area (Å²) in [7, 11) is 0. The van der Waals surface area contributed by atoms with Gasteiger partial charge in [-0.05, 0) is 185 Å². The van der Waals surface area contributed by atoms with E-state index < -0.39 is 12.1 Å². The van der Waals surface area contributed by atoms with Gasteiger partial charge in [0.05, 0.1) is 35.6 Å². The Morgan fingerprint density at radius 3 is 1.21 bits per heavy atom. The number of carbonyl (C=O) groups is 8. The number of Topliss-reactive ketones (excluding diaryl/α,β-unsaturated/α-hetero) is 4. The van der Waals surface area contributed by atoms with Crippen molar-refractivity contribution in [2.75, 3.05) is 16.8 Å². The minimum atomic E-state index is -0.555. The molecule has 0 bridgehead atoms. The molecule has 5 rings (SSSR count). The van der Waals surface area contributed by atoms with Gasteiger partial charge in [-0.3, -0.25) is 28.8 Å². The first-order valence-corrected chi connectivity index (χ1v) is 22.3. The predicted molar refractivity (Wildman–Crippen MR) is 256 cm³/mol. The molecule has 21 heteroatoms. The van der Waals surface area contributed by atoms with Crippen LogP contribution in [0.2, 0.25) is 0 Å². The highest BCUT2D eigenvalue weighted by Crippen LogP contribution is 2.38. The Morgan fingerprint density at radius 1 is 0.607 bits per heavy atom. The molecule has 2 heterocycles. The summed E-state index contributed by atoms with van der Waals surface area (Å²) in [5.74, 6) is -0.545. The van der Waals surface area contributed by atoms with Crippen LogP contribution in [0, 0.1) is 0 Å². The molecule has 61 heavy (non-hydrogen) atoms. The maximum atomic E-state index is 12.0. The number of nitrogens with one attached hydrogen (secondary N) is 5. The first-order valence-electron chi connectivity index (χ1n) is 17.6. The fourth-order valence-corrected chi connectivity index (χ4v) is 9.53. The molecule has 0 spiro atoms. The Hall–Kier alpha value is -4.02. The summed E-state index contributed by atoms with van der Waals surface area (Å²) in [4.78, 5) is 88.9. The van der Waals surface area contributed by atoms with Gasteiger partial charge in [-0.1, -0.05) is 0 Å². The van der Waals surface area contributed by atoms with Gasteiger partial charge in [0.1, 0.15) is 17.9 Å². The van der Waals surface area contributed by atoms with E-state index in [1.807, 2.05) is 0 Å². The first kappa shape index (κ1) is 53.1. The molecule has 2 unspecified atom stereocenters. The Morgan fingerprint density at radius 2 is 0.934 bits per heavy atom. The molecule has 0 fully saturated rings. The van der Waals surface area contributed by atoms with E-state index in [9.17, 15) is 38.4 Å². The molecule has 0 radical (unpaired) electrons. The summed E-state index contributed by atoms with van der Waals surface area (Å²) >= 11 is 20.0. The van der Waals surface area contributed by atoms with Crippen molar-refractivity contribution in [3.05, 3.63) is 102 Å². The van der Waals surface area contributed by atoms with E-state index in [-0.39, 0.29) is 47.5 Å². The van der Waals surface area contributed by atoms with E-state index in [1.54, 1.807) is 50.2 Å². The second kappa shape index (κ2) is 24.0. The number of nitrogen functional groups attached to an aromatic ring is 2. The standard InChI is InChI=1S/C15H15Br2N3O3.C13H13Br2N3O2.C7H5Br2NO.C5H8O2/c1-6-12(7(2)21)13(20-15(23)18-6)9-4-10(16)14(11(17)5-9)19-8(3)22;1-5-10(6(2)19)12(18-13(20)17-5)7-3-8(14)11(16)9(15)4-7;8-5-1-4(3-11)2-6(9)7(5)10;1-4(6)3-5(2)7/h4-5,13H,1-3H3,(H,19,22)(H2,18,20,23);3-4,12H,16H2,1-2H3,(H2,17,18,20);1-3H,10H2;3H2,1-2H3. The lowest BCUT2D eigenvalue weighted by Gasteiger charge is -2.28. The molecule has 5 amide bonds. The van der Waals surface area contributed by atoms with E-state index in [2.05, 4.69) is 122 Å². The molecule has 2 aliphatic heterocycles. The molecule has 0 aliphatic carbocycles. The van der Waals surface area contributed by atoms with Crippen LogP contribution >= 0.6 is 95.6 Å². The van der Waals surface area contributed by atoms with Gasteiger partial charge >= 0.3 is 12.1 Å². The zero-order valence-electron chi connectivity index (χ0n) is 33.6. The monoisotopic (exact) mass is 1220 g/mol. The number of amides is 5. The molecular weight excluding hydrogens is 1190 g/mol. The van der Waals surface area contributed by atoms with Gasteiger partial charge < -0.3 is 38.1 Å². The Labute approximate surface area is 402 Å². The van der Waals surface area contributed by atoms with E-state index in [4.69, 9.17) is 11.5 Å². The molecule has 15 nitrogen and oxygen atoms in total. The molecule has 2 aliphatic rings. The van der Waals surface area contributed by atoms with Gasteiger partial charge in [-0.25, -0.2) is 9.59 Å². The van der Waals surface area contributed by atoms with Gasteiger partial charge in [-0.15, -0.1) is 0 Å². The van der Waals surface area contributed by atoms with Crippen LogP contribution < -0.4 is 38.1 Å². The average Bonchev–Trinajstić information content (AvgIpc) is 3.13. The molecule has 0 saturated carbocycles. The van der Waals surface area contributed by atoms with E-state index >= 15 is 0 Å². The van der Waals surface area contributed by atoms with Crippen molar-refractivity contribution in [3.8, 4) is 0 Å². The number of hydrogen-bond acceptors (Lipinski definition) is 10. The van der Waals surface area contributed by atoms with Crippen LogP contribution in [0.5, 0.6) is 0 Å². The second-order valence-electron chi connectivity index (χ2n) is 13.3. The molecule has 0 saturated heterocycles. The van der Waals surface area contributed by atoms with Crippen molar-refractivity contribution in [1.82, 2.24) is 21.3 Å². The molecule has 2 atom stereocenters. The van der Waals surface area contributed by atoms with Gasteiger partial charge in [0, 0.05) is 61.9 Å². The van der Waals surface area contributed by atoms with Crippen LogP contribution in [0.3, 0.4) is 0 Å². The highest BCUT2D eigenvalue weighted by atomic mass is 79.9. The summed E-state index contributed by atoms with van der Waals surface area (Å²) in [5.41, 5.74) is 17.4. The number of aldehydes is 1.